The molecule has 0 aliphatic rings. The highest BCUT2D eigenvalue weighted by atomic mass is 79.9. The molecule has 0 aromatic carbocycles. The molecule has 0 unspecified atom stereocenters. The van der Waals surface area contributed by atoms with Crippen molar-refractivity contribution in [3.8, 4) is 5.75 Å². The Hall–Kier alpha value is -1.07. The van der Waals surface area contributed by atoms with Gasteiger partial charge in [0, 0.05) is 19.2 Å². The average molecular weight is 284 g/mol. The summed E-state index contributed by atoms with van der Waals surface area (Å²) in [5, 5.41) is 3.12. The number of likely N-dealkylation sites (N-methyl/N-ethyl adjacent to an activating group) is 1. The number of halogens is 1. The van der Waals surface area contributed by atoms with Crippen molar-refractivity contribution in [2.45, 2.75) is 6.42 Å². The van der Waals surface area contributed by atoms with Crippen LogP contribution in [0.4, 0.5) is 0 Å². The summed E-state index contributed by atoms with van der Waals surface area (Å²) in [5.74, 6) is 1.85. The molecule has 2 aromatic rings. The topological polar surface area (TPSA) is 38.6 Å². The number of hydrogen-bond acceptors (Lipinski definition) is 3. The maximum absolute atomic E-state index is 5.32. The summed E-state index contributed by atoms with van der Waals surface area (Å²) in [5.41, 5.74) is 0.983. The summed E-state index contributed by atoms with van der Waals surface area (Å²) in [6.07, 6.45) is 2.89. The van der Waals surface area contributed by atoms with Crippen molar-refractivity contribution in [2.75, 3.05) is 20.7 Å². The molecule has 2 heterocycles. The standard InChI is InChI=1S/C11H14BrN3O/c1-13-6-5-9-14-11(12)10-8(16-2)4-3-7-15(9)10/h3-4,7,13H,5-6H2,1-2H3. The Morgan fingerprint density at radius 3 is 3.06 bits per heavy atom. The fourth-order valence-corrected chi connectivity index (χ4v) is 2.29. The molecule has 0 bridgehead atoms. The van der Waals surface area contributed by atoms with E-state index >= 15 is 0 Å². The number of nitrogens with zero attached hydrogens (tertiary/aromatic N) is 2. The molecule has 0 aliphatic carbocycles. The fraction of sp³-hybridized carbons (Fsp3) is 0.364. The van der Waals surface area contributed by atoms with E-state index in [1.54, 1.807) is 7.11 Å². The summed E-state index contributed by atoms with van der Waals surface area (Å²) in [4.78, 5) is 4.50. The van der Waals surface area contributed by atoms with Gasteiger partial charge in [0.1, 0.15) is 21.7 Å². The van der Waals surface area contributed by atoms with Crippen molar-refractivity contribution >= 4 is 21.4 Å². The smallest absolute Gasteiger partial charge is 0.145 e. The van der Waals surface area contributed by atoms with Crippen LogP contribution < -0.4 is 10.1 Å². The molecule has 0 aliphatic heterocycles. The highest BCUT2D eigenvalue weighted by Gasteiger charge is 2.12. The second-order valence-corrected chi connectivity index (χ2v) is 4.22. The Bertz CT molecular complexity index is 495. The van der Waals surface area contributed by atoms with E-state index in [2.05, 4.69) is 30.6 Å². The largest absolute Gasteiger partial charge is 0.494 e. The first-order chi connectivity index (χ1) is 7.77. The van der Waals surface area contributed by atoms with Gasteiger partial charge in [0.05, 0.1) is 7.11 Å². The van der Waals surface area contributed by atoms with E-state index in [0.717, 1.165) is 34.7 Å². The van der Waals surface area contributed by atoms with Gasteiger partial charge in [0.25, 0.3) is 0 Å². The van der Waals surface area contributed by atoms with Gasteiger partial charge in [0.2, 0.25) is 0 Å². The normalized spacial score (nSPS) is 10.9. The van der Waals surface area contributed by atoms with Gasteiger partial charge in [-0.05, 0) is 35.1 Å². The van der Waals surface area contributed by atoms with Crippen LogP contribution in [0, 0.1) is 0 Å². The second kappa shape index (κ2) is 4.84. The van der Waals surface area contributed by atoms with E-state index in [1.165, 1.54) is 0 Å². The molecular formula is C11H14BrN3O. The minimum atomic E-state index is 0.830. The van der Waals surface area contributed by atoms with Crippen molar-refractivity contribution in [3.63, 3.8) is 0 Å². The minimum absolute atomic E-state index is 0.830. The first kappa shape index (κ1) is 11.4. The van der Waals surface area contributed by atoms with E-state index in [1.807, 2.05) is 25.4 Å². The highest BCUT2D eigenvalue weighted by Crippen LogP contribution is 2.27. The van der Waals surface area contributed by atoms with Crippen LogP contribution in [0.1, 0.15) is 5.82 Å². The third-order valence-corrected chi connectivity index (χ3v) is 3.03. The van der Waals surface area contributed by atoms with Crippen LogP contribution in [0.3, 0.4) is 0 Å². The first-order valence-electron chi connectivity index (χ1n) is 5.12. The summed E-state index contributed by atoms with van der Waals surface area (Å²) >= 11 is 3.47. The predicted molar refractivity (Wildman–Crippen MR) is 67.1 cm³/mol. The lowest BCUT2D eigenvalue weighted by molar-refractivity contribution is 0.417. The lowest BCUT2D eigenvalue weighted by atomic mass is 10.3. The molecule has 0 atom stereocenters. The number of fused-ring (bicyclic) bond motifs is 1. The van der Waals surface area contributed by atoms with Gasteiger partial charge in [-0.1, -0.05) is 0 Å². The monoisotopic (exact) mass is 283 g/mol. The number of imidazole rings is 1. The maximum atomic E-state index is 5.32. The third-order valence-electron chi connectivity index (χ3n) is 2.48. The molecule has 1 N–H and O–H groups in total. The Balaban J connectivity index is 2.53. The van der Waals surface area contributed by atoms with E-state index in [0.29, 0.717) is 0 Å². The average Bonchev–Trinajstić information content (AvgIpc) is 2.64. The fourth-order valence-electron chi connectivity index (χ4n) is 1.70. The van der Waals surface area contributed by atoms with Gasteiger partial charge in [-0.25, -0.2) is 4.98 Å². The molecule has 4 nitrogen and oxygen atoms in total. The van der Waals surface area contributed by atoms with Gasteiger partial charge in [0.15, 0.2) is 0 Å². The van der Waals surface area contributed by atoms with Crippen molar-refractivity contribution in [1.29, 1.82) is 0 Å². The van der Waals surface area contributed by atoms with E-state index in [4.69, 9.17) is 4.74 Å². The molecule has 0 saturated carbocycles. The quantitative estimate of drug-likeness (QED) is 0.931. The number of ether oxygens (including phenoxy) is 1. The zero-order chi connectivity index (χ0) is 11.5. The van der Waals surface area contributed by atoms with Crippen LogP contribution in [0.2, 0.25) is 0 Å². The SMILES string of the molecule is CNCCc1nc(Br)c2c(OC)cccn12. The Labute approximate surface area is 103 Å². The molecular weight excluding hydrogens is 270 g/mol. The Morgan fingerprint density at radius 1 is 1.56 bits per heavy atom. The number of methoxy groups -OCH3 is 1. The summed E-state index contributed by atoms with van der Waals surface area (Å²) in [7, 11) is 3.60. The van der Waals surface area contributed by atoms with E-state index in [-0.39, 0.29) is 0 Å². The molecule has 2 aromatic heterocycles. The van der Waals surface area contributed by atoms with Crippen LogP contribution >= 0.6 is 15.9 Å². The molecule has 5 heteroatoms. The van der Waals surface area contributed by atoms with Gasteiger partial charge in [-0.15, -0.1) is 0 Å². The zero-order valence-electron chi connectivity index (χ0n) is 9.33. The van der Waals surface area contributed by atoms with Crippen LogP contribution in [0.15, 0.2) is 22.9 Å². The summed E-state index contributed by atoms with van der Waals surface area (Å²) < 4.78 is 8.21. The molecule has 0 amide bonds. The zero-order valence-corrected chi connectivity index (χ0v) is 10.9. The van der Waals surface area contributed by atoms with Crippen molar-refractivity contribution in [3.05, 3.63) is 28.8 Å². The van der Waals surface area contributed by atoms with Crippen molar-refractivity contribution in [1.82, 2.24) is 14.7 Å². The molecule has 0 spiro atoms. The van der Waals surface area contributed by atoms with Gasteiger partial charge >= 0.3 is 0 Å². The van der Waals surface area contributed by atoms with Crippen LogP contribution in [0.25, 0.3) is 5.52 Å². The van der Waals surface area contributed by atoms with Crippen LogP contribution in [-0.2, 0) is 6.42 Å². The van der Waals surface area contributed by atoms with Crippen molar-refractivity contribution in [2.24, 2.45) is 0 Å². The van der Waals surface area contributed by atoms with Crippen molar-refractivity contribution < 1.29 is 4.74 Å². The maximum Gasteiger partial charge on any atom is 0.145 e. The third kappa shape index (κ3) is 1.92. The van der Waals surface area contributed by atoms with Gasteiger partial charge < -0.3 is 10.1 Å². The molecule has 86 valence electrons. The molecule has 0 radical (unpaired) electrons. The second-order valence-electron chi connectivity index (χ2n) is 3.47. The van der Waals surface area contributed by atoms with E-state index < -0.39 is 0 Å². The number of pyridine rings is 1. The van der Waals surface area contributed by atoms with Gasteiger partial charge in [-0.3, -0.25) is 4.40 Å². The predicted octanol–water partition coefficient (Wildman–Crippen LogP) is 1.87. The minimum Gasteiger partial charge on any atom is -0.494 e. The van der Waals surface area contributed by atoms with Gasteiger partial charge in [-0.2, -0.15) is 0 Å². The summed E-state index contributed by atoms with van der Waals surface area (Å²) in [6.45, 7) is 0.906. The first-order valence-corrected chi connectivity index (χ1v) is 5.91. The lowest BCUT2D eigenvalue weighted by Gasteiger charge is -2.04. The molecule has 2 rings (SSSR count). The highest BCUT2D eigenvalue weighted by molar-refractivity contribution is 9.10. The molecule has 0 saturated heterocycles. The Kier molecular flexibility index (Phi) is 3.46. The molecule has 16 heavy (non-hydrogen) atoms. The lowest BCUT2D eigenvalue weighted by Crippen LogP contribution is -2.12. The van der Waals surface area contributed by atoms with Crippen LogP contribution in [0.5, 0.6) is 5.75 Å². The Morgan fingerprint density at radius 2 is 2.38 bits per heavy atom. The summed E-state index contributed by atoms with van der Waals surface area (Å²) in [6, 6.07) is 3.90. The van der Waals surface area contributed by atoms with Crippen LogP contribution in [-0.4, -0.2) is 30.1 Å². The number of rotatable bonds is 4. The van der Waals surface area contributed by atoms with E-state index in [9.17, 15) is 0 Å². The number of nitrogens with one attached hydrogen (secondary N) is 1. The number of aromatic nitrogens is 2. The molecule has 0 fully saturated rings. The number of hydrogen-bond donors (Lipinski definition) is 1.